The highest BCUT2D eigenvalue weighted by Gasteiger charge is 2.11. The van der Waals surface area contributed by atoms with Crippen molar-refractivity contribution in [3.8, 4) is 0 Å². The Labute approximate surface area is 87.0 Å². The van der Waals surface area contributed by atoms with Gasteiger partial charge in [0.1, 0.15) is 0 Å². The van der Waals surface area contributed by atoms with E-state index in [1.54, 1.807) is 13.0 Å². The third-order valence-electron chi connectivity index (χ3n) is 2.83. The molecule has 0 saturated carbocycles. The monoisotopic (exact) mass is 195 g/mol. The topological polar surface area (TPSA) is 20.3 Å². The summed E-state index contributed by atoms with van der Waals surface area (Å²) in [6.07, 6.45) is 7.61. The first-order chi connectivity index (χ1) is 6.68. The second-order valence-electron chi connectivity index (χ2n) is 4.35. The van der Waals surface area contributed by atoms with E-state index in [2.05, 4.69) is 11.8 Å². The number of ketones is 1. The summed E-state index contributed by atoms with van der Waals surface area (Å²) in [5.74, 6) is 1.02. The number of hydrogen-bond acceptors (Lipinski definition) is 2. The number of allylic oxidation sites excluding steroid dienone is 1. The molecule has 0 aliphatic carbocycles. The van der Waals surface area contributed by atoms with Crippen molar-refractivity contribution in [3.05, 3.63) is 12.2 Å². The molecule has 0 spiro atoms. The van der Waals surface area contributed by atoms with Crippen molar-refractivity contribution in [3.63, 3.8) is 0 Å². The molecule has 1 saturated heterocycles. The Morgan fingerprint density at radius 3 is 2.93 bits per heavy atom. The molecule has 0 aromatic heterocycles. The number of rotatable bonds is 3. The number of carbonyl (C=O) groups is 1. The standard InChI is InChI=1S/C12H21NO/c1-11-5-3-8-13(10-7-11)9-4-6-12(2)14/h4,6,11H,3,5,7-10H2,1-2H3/b6-4+. The van der Waals surface area contributed by atoms with Crippen LogP contribution in [0.5, 0.6) is 0 Å². The van der Waals surface area contributed by atoms with Crippen LogP contribution in [0.15, 0.2) is 12.2 Å². The fourth-order valence-corrected chi connectivity index (χ4v) is 1.87. The largest absolute Gasteiger partial charge is 0.300 e. The molecular formula is C12H21NO. The van der Waals surface area contributed by atoms with Crippen LogP contribution in [-0.2, 0) is 4.79 Å². The minimum atomic E-state index is 0.146. The lowest BCUT2D eigenvalue weighted by Gasteiger charge is -2.17. The molecule has 0 bridgehead atoms. The summed E-state index contributed by atoms with van der Waals surface area (Å²) in [5.41, 5.74) is 0. The predicted molar refractivity (Wildman–Crippen MR) is 59.3 cm³/mol. The number of likely N-dealkylation sites (tertiary alicyclic amines) is 1. The Kier molecular flexibility index (Phi) is 4.88. The molecule has 1 fully saturated rings. The molecule has 1 aliphatic heterocycles. The number of nitrogens with zero attached hydrogens (tertiary/aromatic N) is 1. The Balaban J connectivity index is 2.27. The quantitative estimate of drug-likeness (QED) is 0.644. The van der Waals surface area contributed by atoms with Gasteiger partial charge in [0.25, 0.3) is 0 Å². The minimum absolute atomic E-state index is 0.146. The maximum Gasteiger partial charge on any atom is 0.152 e. The minimum Gasteiger partial charge on any atom is -0.300 e. The molecule has 1 unspecified atom stereocenters. The molecule has 0 aromatic carbocycles. The van der Waals surface area contributed by atoms with Crippen molar-refractivity contribution in [1.29, 1.82) is 0 Å². The summed E-state index contributed by atoms with van der Waals surface area (Å²) in [6, 6.07) is 0. The maximum absolute atomic E-state index is 10.7. The van der Waals surface area contributed by atoms with Crippen molar-refractivity contribution in [1.82, 2.24) is 4.90 Å². The summed E-state index contributed by atoms with van der Waals surface area (Å²) < 4.78 is 0. The first-order valence-electron chi connectivity index (χ1n) is 5.58. The van der Waals surface area contributed by atoms with Gasteiger partial charge in [0.2, 0.25) is 0 Å². The van der Waals surface area contributed by atoms with E-state index in [0.29, 0.717) is 0 Å². The van der Waals surface area contributed by atoms with Crippen LogP contribution in [0.4, 0.5) is 0 Å². The van der Waals surface area contributed by atoms with Gasteiger partial charge in [-0.25, -0.2) is 0 Å². The van der Waals surface area contributed by atoms with Gasteiger partial charge in [-0.1, -0.05) is 13.0 Å². The lowest BCUT2D eigenvalue weighted by molar-refractivity contribution is -0.112. The molecule has 1 aliphatic rings. The SMILES string of the molecule is CC(=O)/C=C/CN1CCCC(C)CC1. The number of carbonyl (C=O) groups excluding carboxylic acids is 1. The molecule has 0 amide bonds. The van der Waals surface area contributed by atoms with Gasteiger partial charge in [-0.15, -0.1) is 0 Å². The summed E-state index contributed by atoms with van der Waals surface area (Å²) >= 11 is 0. The van der Waals surface area contributed by atoms with Crippen LogP contribution in [0.1, 0.15) is 33.1 Å². The highest BCUT2D eigenvalue weighted by Crippen LogP contribution is 2.15. The average molecular weight is 195 g/mol. The molecule has 14 heavy (non-hydrogen) atoms. The van der Waals surface area contributed by atoms with Crippen LogP contribution >= 0.6 is 0 Å². The molecule has 1 atom stereocenters. The molecule has 2 heteroatoms. The van der Waals surface area contributed by atoms with Gasteiger partial charge in [-0.05, 0) is 51.3 Å². The van der Waals surface area contributed by atoms with Gasteiger partial charge in [-0.2, -0.15) is 0 Å². The summed E-state index contributed by atoms with van der Waals surface area (Å²) in [5, 5.41) is 0. The Morgan fingerprint density at radius 2 is 2.21 bits per heavy atom. The highest BCUT2D eigenvalue weighted by molar-refractivity contribution is 5.87. The van der Waals surface area contributed by atoms with E-state index in [4.69, 9.17) is 0 Å². The lowest BCUT2D eigenvalue weighted by atomic mass is 10.0. The van der Waals surface area contributed by atoms with Crippen LogP contribution < -0.4 is 0 Å². The molecular weight excluding hydrogens is 174 g/mol. The van der Waals surface area contributed by atoms with Crippen molar-refractivity contribution in [2.45, 2.75) is 33.1 Å². The Morgan fingerprint density at radius 1 is 1.43 bits per heavy atom. The van der Waals surface area contributed by atoms with E-state index in [0.717, 1.165) is 12.5 Å². The van der Waals surface area contributed by atoms with Crippen LogP contribution in [0.2, 0.25) is 0 Å². The van der Waals surface area contributed by atoms with Crippen molar-refractivity contribution < 1.29 is 4.79 Å². The smallest absolute Gasteiger partial charge is 0.152 e. The van der Waals surface area contributed by atoms with Crippen LogP contribution in [-0.4, -0.2) is 30.3 Å². The second kappa shape index (κ2) is 5.97. The van der Waals surface area contributed by atoms with E-state index in [9.17, 15) is 4.79 Å². The third kappa shape index (κ3) is 4.56. The van der Waals surface area contributed by atoms with Crippen LogP contribution in [0.25, 0.3) is 0 Å². The second-order valence-corrected chi connectivity index (χ2v) is 4.35. The Bertz CT molecular complexity index is 210. The Hall–Kier alpha value is -0.630. The van der Waals surface area contributed by atoms with Gasteiger partial charge < -0.3 is 0 Å². The fraction of sp³-hybridized carbons (Fsp3) is 0.750. The zero-order valence-electron chi connectivity index (χ0n) is 9.33. The van der Waals surface area contributed by atoms with E-state index in [1.807, 2.05) is 6.08 Å². The van der Waals surface area contributed by atoms with Crippen LogP contribution in [0, 0.1) is 5.92 Å². The van der Waals surface area contributed by atoms with Gasteiger partial charge in [-0.3, -0.25) is 9.69 Å². The van der Waals surface area contributed by atoms with Gasteiger partial charge >= 0.3 is 0 Å². The molecule has 2 nitrogen and oxygen atoms in total. The van der Waals surface area contributed by atoms with Crippen molar-refractivity contribution >= 4 is 5.78 Å². The normalized spacial score (nSPS) is 25.1. The third-order valence-corrected chi connectivity index (χ3v) is 2.83. The molecule has 0 aromatic rings. The van der Waals surface area contributed by atoms with Gasteiger partial charge in [0.15, 0.2) is 5.78 Å². The molecule has 1 heterocycles. The predicted octanol–water partition coefficient (Wildman–Crippen LogP) is 2.25. The fourth-order valence-electron chi connectivity index (χ4n) is 1.87. The van der Waals surface area contributed by atoms with Crippen molar-refractivity contribution in [2.75, 3.05) is 19.6 Å². The summed E-state index contributed by atoms with van der Waals surface area (Å²) in [4.78, 5) is 13.1. The van der Waals surface area contributed by atoms with Crippen LogP contribution in [0.3, 0.4) is 0 Å². The maximum atomic E-state index is 10.7. The van der Waals surface area contributed by atoms with E-state index in [-0.39, 0.29) is 5.78 Å². The average Bonchev–Trinajstić information content (AvgIpc) is 2.30. The van der Waals surface area contributed by atoms with Crippen molar-refractivity contribution in [2.24, 2.45) is 5.92 Å². The summed E-state index contributed by atoms with van der Waals surface area (Å²) in [6.45, 7) is 7.23. The first kappa shape index (κ1) is 11.4. The molecule has 0 radical (unpaired) electrons. The summed E-state index contributed by atoms with van der Waals surface area (Å²) in [7, 11) is 0. The first-order valence-corrected chi connectivity index (χ1v) is 5.58. The zero-order chi connectivity index (χ0) is 10.4. The van der Waals surface area contributed by atoms with E-state index < -0.39 is 0 Å². The van der Waals surface area contributed by atoms with E-state index in [1.165, 1.54) is 32.4 Å². The van der Waals surface area contributed by atoms with E-state index >= 15 is 0 Å². The van der Waals surface area contributed by atoms with Gasteiger partial charge in [0, 0.05) is 6.54 Å². The number of hydrogen-bond donors (Lipinski definition) is 0. The molecule has 1 rings (SSSR count). The molecule has 80 valence electrons. The zero-order valence-corrected chi connectivity index (χ0v) is 9.33. The highest BCUT2D eigenvalue weighted by atomic mass is 16.1. The lowest BCUT2D eigenvalue weighted by Crippen LogP contribution is -2.24. The van der Waals surface area contributed by atoms with Gasteiger partial charge in [0.05, 0.1) is 0 Å². The molecule has 0 N–H and O–H groups in total.